The van der Waals surface area contributed by atoms with Crippen molar-refractivity contribution in [2.75, 3.05) is 12.4 Å². The fourth-order valence-electron chi connectivity index (χ4n) is 2.48. The molecule has 1 heterocycles. The standard InChI is InChI=1S/C19H15F2N3O3/c1-27-17-5-3-2-4-13(17)16-9-19(26)24(11-22-16)10-18(25)23-12-6-7-14(20)15(21)8-12/h2-9,11H,10H2,1H3,(H,23,25). The number of nitrogens with zero attached hydrogens (tertiary/aromatic N) is 2. The SMILES string of the molecule is COc1ccccc1-c1cc(=O)n(CC(=O)Nc2ccc(F)c(F)c2)cn1. The van der Waals surface area contributed by atoms with E-state index in [1.807, 2.05) is 0 Å². The molecule has 0 bridgehead atoms. The maximum atomic E-state index is 13.2. The summed E-state index contributed by atoms with van der Waals surface area (Å²) >= 11 is 0. The molecular formula is C19H15F2N3O3. The number of benzene rings is 2. The quantitative estimate of drug-likeness (QED) is 0.749. The Morgan fingerprint density at radius 3 is 2.63 bits per heavy atom. The highest BCUT2D eigenvalue weighted by Gasteiger charge is 2.11. The van der Waals surface area contributed by atoms with Crippen LogP contribution in [0.15, 0.2) is 59.7 Å². The Morgan fingerprint density at radius 2 is 1.93 bits per heavy atom. The van der Waals surface area contributed by atoms with Gasteiger partial charge < -0.3 is 10.1 Å². The van der Waals surface area contributed by atoms with E-state index < -0.39 is 23.1 Å². The van der Waals surface area contributed by atoms with Gasteiger partial charge >= 0.3 is 0 Å². The number of aromatic nitrogens is 2. The molecule has 2 aromatic carbocycles. The van der Waals surface area contributed by atoms with Gasteiger partial charge in [-0.2, -0.15) is 0 Å². The Labute approximate surface area is 153 Å². The third kappa shape index (κ3) is 4.17. The minimum Gasteiger partial charge on any atom is -0.496 e. The number of methoxy groups -OCH3 is 1. The molecule has 0 spiro atoms. The number of carbonyl (C=O) groups is 1. The van der Waals surface area contributed by atoms with Crippen LogP contribution >= 0.6 is 0 Å². The van der Waals surface area contributed by atoms with E-state index in [2.05, 4.69) is 10.3 Å². The van der Waals surface area contributed by atoms with Crippen molar-refractivity contribution in [3.63, 3.8) is 0 Å². The fraction of sp³-hybridized carbons (Fsp3) is 0.105. The number of halogens is 2. The molecule has 0 radical (unpaired) electrons. The maximum Gasteiger partial charge on any atom is 0.254 e. The molecule has 8 heteroatoms. The Morgan fingerprint density at radius 1 is 1.15 bits per heavy atom. The van der Waals surface area contributed by atoms with Crippen LogP contribution in [0.5, 0.6) is 5.75 Å². The normalized spacial score (nSPS) is 10.5. The summed E-state index contributed by atoms with van der Waals surface area (Å²) in [4.78, 5) is 28.5. The van der Waals surface area contributed by atoms with Gasteiger partial charge in [-0.15, -0.1) is 0 Å². The van der Waals surface area contributed by atoms with Gasteiger partial charge in [-0.3, -0.25) is 14.2 Å². The van der Waals surface area contributed by atoms with Crippen LogP contribution in [-0.4, -0.2) is 22.6 Å². The topological polar surface area (TPSA) is 73.2 Å². The first-order valence-electron chi connectivity index (χ1n) is 7.92. The molecular weight excluding hydrogens is 356 g/mol. The summed E-state index contributed by atoms with van der Waals surface area (Å²) in [5.74, 6) is -2.10. The molecule has 6 nitrogen and oxygen atoms in total. The third-order valence-electron chi connectivity index (χ3n) is 3.78. The van der Waals surface area contributed by atoms with E-state index in [1.165, 1.54) is 25.6 Å². The van der Waals surface area contributed by atoms with Crippen LogP contribution in [-0.2, 0) is 11.3 Å². The minimum atomic E-state index is -1.08. The molecule has 0 unspecified atom stereocenters. The molecule has 1 amide bonds. The van der Waals surface area contributed by atoms with Crippen LogP contribution in [0.3, 0.4) is 0 Å². The van der Waals surface area contributed by atoms with Crippen molar-refractivity contribution in [2.24, 2.45) is 0 Å². The first-order valence-corrected chi connectivity index (χ1v) is 7.92. The van der Waals surface area contributed by atoms with Gasteiger partial charge in [0.1, 0.15) is 12.3 Å². The van der Waals surface area contributed by atoms with Crippen molar-refractivity contribution in [1.29, 1.82) is 0 Å². The van der Waals surface area contributed by atoms with Crippen LogP contribution in [0.4, 0.5) is 14.5 Å². The van der Waals surface area contributed by atoms with Gasteiger partial charge in [0.05, 0.1) is 19.1 Å². The van der Waals surface area contributed by atoms with E-state index >= 15 is 0 Å². The van der Waals surface area contributed by atoms with Crippen LogP contribution in [0.1, 0.15) is 0 Å². The number of para-hydroxylation sites is 1. The number of hydrogen-bond acceptors (Lipinski definition) is 4. The number of carbonyl (C=O) groups excluding carboxylic acids is 1. The lowest BCUT2D eigenvalue weighted by Crippen LogP contribution is -2.27. The zero-order valence-corrected chi connectivity index (χ0v) is 14.3. The monoisotopic (exact) mass is 371 g/mol. The van der Waals surface area contributed by atoms with Gasteiger partial charge in [0.2, 0.25) is 5.91 Å². The molecule has 0 saturated carbocycles. The van der Waals surface area contributed by atoms with Crippen LogP contribution < -0.4 is 15.6 Å². The van der Waals surface area contributed by atoms with Gasteiger partial charge in [0.25, 0.3) is 5.56 Å². The van der Waals surface area contributed by atoms with E-state index in [1.54, 1.807) is 24.3 Å². The smallest absolute Gasteiger partial charge is 0.254 e. The summed E-state index contributed by atoms with van der Waals surface area (Å²) in [5.41, 5.74) is 0.710. The highest BCUT2D eigenvalue weighted by molar-refractivity contribution is 5.90. The predicted octanol–water partition coefficient (Wildman–Crippen LogP) is 2.84. The second kappa shape index (κ2) is 7.77. The number of amides is 1. The van der Waals surface area contributed by atoms with Crippen molar-refractivity contribution in [3.05, 3.63) is 76.8 Å². The minimum absolute atomic E-state index is 0.0885. The first-order chi connectivity index (χ1) is 13.0. The highest BCUT2D eigenvalue weighted by atomic mass is 19.2. The van der Waals surface area contributed by atoms with Crippen molar-refractivity contribution in [1.82, 2.24) is 9.55 Å². The zero-order chi connectivity index (χ0) is 19.4. The molecule has 0 atom stereocenters. The van der Waals surface area contributed by atoms with E-state index in [4.69, 9.17) is 4.74 Å². The summed E-state index contributed by atoms with van der Waals surface area (Å²) in [6, 6.07) is 11.4. The summed E-state index contributed by atoms with van der Waals surface area (Å²) in [6.07, 6.45) is 1.24. The zero-order valence-electron chi connectivity index (χ0n) is 14.3. The number of ether oxygens (including phenoxy) is 1. The largest absolute Gasteiger partial charge is 0.496 e. The van der Waals surface area contributed by atoms with Gasteiger partial charge in [0.15, 0.2) is 11.6 Å². The summed E-state index contributed by atoms with van der Waals surface area (Å²) in [7, 11) is 1.52. The summed E-state index contributed by atoms with van der Waals surface area (Å²) in [5, 5.41) is 2.40. The molecule has 27 heavy (non-hydrogen) atoms. The lowest BCUT2D eigenvalue weighted by molar-refractivity contribution is -0.116. The van der Waals surface area contributed by atoms with Gasteiger partial charge in [-0.05, 0) is 24.3 Å². The fourth-order valence-corrected chi connectivity index (χ4v) is 2.48. The van der Waals surface area contributed by atoms with Crippen molar-refractivity contribution in [2.45, 2.75) is 6.54 Å². The van der Waals surface area contributed by atoms with Crippen molar-refractivity contribution < 1.29 is 18.3 Å². The van der Waals surface area contributed by atoms with Gasteiger partial charge in [-0.25, -0.2) is 13.8 Å². The first kappa shape index (κ1) is 18.2. The van der Waals surface area contributed by atoms with E-state index in [0.29, 0.717) is 17.0 Å². The lowest BCUT2D eigenvalue weighted by Gasteiger charge is -2.10. The molecule has 1 N–H and O–H groups in total. The molecule has 0 aliphatic heterocycles. The number of anilines is 1. The lowest BCUT2D eigenvalue weighted by atomic mass is 10.1. The molecule has 3 aromatic rings. The molecule has 0 aliphatic rings. The Kier molecular flexibility index (Phi) is 5.25. The second-order valence-electron chi connectivity index (χ2n) is 5.62. The Bertz CT molecular complexity index is 1050. The third-order valence-corrected chi connectivity index (χ3v) is 3.78. The second-order valence-corrected chi connectivity index (χ2v) is 5.62. The van der Waals surface area contributed by atoms with Crippen LogP contribution in [0.25, 0.3) is 11.3 Å². The molecule has 0 saturated heterocycles. The highest BCUT2D eigenvalue weighted by Crippen LogP contribution is 2.26. The van der Waals surface area contributed by atoms with E-state index in [-0.39, 0.29) is 12.2 Å². The maximum absolute atomic E-state index is 13.2. The Hall–Kier alpha value is -3.55. The van der Waals surface area contributed by atoms with Crippen molar-refractivity contribution >= 4 is 11.6 Å². The molecule has 138 valence electrons. The van der Waals surface area contributed by atoms with Gasteiger partial charge in [0, 0.05) is 23.4 Å². The molecule has 1 aromatic heterocycles. The predicted molar refractivity (Wildman–Crippen MR) is 95.5 cm³/mol. The van der Waals surface area contributed by atoms with Gasteiger partial charge in [-0.1, -0.05) is 12.1 Å². The molecule has 0 fully saturated rings. The number of hydrogen-bond donors (Lipinski definition) is 1. The summed E-state index contributed by atoms with van der Waals surface area (Å²) < 4.78 is 32.5. The average molecular weight is 371 g/mol. The van der Waals surface area contributed by atoms with Crippen LogP contribution in [0, 0.1) is 11.6 Å². The number of nitrogens with one attached hydrogen (secondary N) is 1. The Balaban J connectivity index is 1.77. The molecule has 0 aliphatic carbocycles. The number of rotatable bonds is 5. The average Bonchev–Trinajstić information content (AvgIpc) is 2.66. The van der Waals surface area contributed by atoms with Crippen LogP contribution in [0.2, 0.25) is 0 Å². The molecule has 3 rings (SSSR count). The van der Waals surface area contributed by atoms with E-state index in [0.717, 1.165) is 16.7 Å². The van der Waals surface area contributed by atoms with Crippen molar-refractivity contribution in [3.8, 4) is 17.0 Å². The van der Waals surface area contributed by atoms with E-state index in [9.17, 15) is 18.4 Å². The summed E-state index contributed by atoms with van der Waals surface area (Å²) in [6.45, 7) is -0.322.